The van der Waals surface area contributed by atoms with Crippen LogP contribution in [0.4, 0.5) is 5.69 Å². The molecular weight excluding hydrogens is 472 g/mol. The molecule has 7 nitrogen and oxygen atoms in total. The lowest BCUT2D eigenvalue weighted by atomic mass is 10.2. The van der Waals surface area contributed by atoms with Gasteiger partial charge in [0.1, 0.15) is 0 Å². The lowest BCUT2D eigenvalue weighted by Gasteiger charge is -2.22. The zero-order chi connectivity index (χ0) is 25.7. The topological polar surface area (TPSA) is 83.8 Å². The van der Waals surface area contributed by atoms with Gasteiger partial charge in [0.05, 0.1) is 24.7 Å². The summed E-state index contributed by atoms with van der Waals surface area (Å²) in [7, 11) is -3.51. The first-order valence-corrected chi connectivity index (χ1v) is 13.3. The molecule has 8 heteroatoms. The molecular formula is C28H28N4O3S. The first kappa shape index (κ1) is 24.9. The van der Waals surface area contributed by atoms with Gasteiger partial charge in [-0.25, -0.2) is 13.8 Å². The van der Waals surface area contributed by atoms with E-state index < -0.39 is 10.0 Å². The van der Waals surface area contributed by atoms with Crippen LogP contribution < -0.4 is 9.73 Å². The van der Waals surface area contributed by atoms with Gasteiger partial charge in [0, 0.05) is 28.2 Å². The van der Waals surface area contributed by atoms with Gasteiger partial charge in [-0.2, -0.15) is 5.10 Å². The van der Waals surface area contributed by atoms with Gasteiger partial charge >= 0.3 is 0 Å². The van der Waals surface area contributed by atoms with Crippen LogP contribution in [0.2, 0.25) is 0 Å². The van der Waals surface area contributed by atoms with E-state index >= 15 is 0 Å². The van der Waals surface area contributed by atoms with Crippen LogP contribution in [-0.2, 0) is 16.6 Å². The Bertz CT molecular complexity index is 1480. The number of hydrogen-bond donors (Lipinski definition) is 1. The molecule has 1 heterocycles. The summed E-state index contributed by atoms with van der Waals surface area (Å²) in [6.45, 7) is 4.23. The van der Waals surface area contributed by atoms with Crippen LogP contribution in [0, 0.1) is 13.8 Å². The summed E-state index contributed by atoms with van der Waals surface area (Å²) in [5.74, 6) is -0.386. The summed E-state index contributed by atoms with van der Waals surface area (Å²) in [5, 5.41) is 4.14. The Morgan fingerprint density at radius 3 is 2.17 bits per heavy atom. The summed E-state index contributed by atoms with van der Waals surface area (Å²) in [5.41, 5.74) is 8.31. The second kappa shape index (κ2) is 10.6. The highest BCUT2D eigenvalue weighted by Gasteiger charge is 2.18. The summed E-state index contributed by atoms with van der Waals surface area (Å²) in [6, 6.07) is 27.8. The fourth-order valence-electron chi connectivity index (χ4n) is 4.05. The summed E-state index contributed by atoms with van der Waals surface area (Å²) < 4.78 is 28.2. The molecule has 0 saturated heterocycles. The third-order valence-electron chi connectivity index (χ3n) is 5.84. The second-order valence-electron chi connectivity index (χ2n) is 8.50. The molecule has 0 radical (unpaired) electrons. The van der Waals surface area contributed by atoms with Crippen molar-refractivity contribution in [1.29, 1.82) is 0 Å². The van der Waals surface area contributed by atoms with Crippen molar-refractivity contribution in [3.8, 4) is 5.69 Å². The number of sulfonamides is 1. The fraction of sp³-hybridized carbons (Fsp3) is 0.143. The molecule has 184 valence electrons. The van der Waals surface area contributed by atoms with E-state index in [1.54, 1.807) is 30.5 Å². The molecule has 0 aliphatic carbocycles. The molecule has 1 aromatic heterocycles. The first-order chi connectivity index (χ1) is 17.2. The number of para-hydroxylation sites is 1. The average molecular weight is 501 g/mol. The standard InChI is InChI=1S/C28H28N4O3S/c1-21-18-25(22(2)32(21)27-12-8-5-9-13-27)19-29-30-28(33)24-14-16-26(17-15-24)31(36(3,34)35)20-23-10-6-4-7-11-23/h4-19H,20H2,1-3H3,(H,30,33)/b29-19+. The van der Waals surface area contributed by atoms with Crippen LogP contribution in [0.3, 0.4) is 0 Å². The molecule has 4 rings (SSSR count). The molecule has 1 N–H and O–H groups in total. The second-order valence-corrected chi connectivity index (χ2v) is 10.4. The normalized spacial score (nSPS) is 11.5. The third-order valence-corrected chi connectivity index (χ3v) is 6.98. The number of hydrazone groups is 1. The highest BCUT2D eigenvalue weighted by Crippen LogP contribution is 2.22. The van der Waals surface area contributed by atoms with Crippen molar-refractivity contribution in [3.63, 3.8) is 0 Å². The maximum atomic E-state index is 12.6. The molecule has 0 unspecified atom stereocenters. The number of rotatable bonds is 8. The zero-order valence-corrected chi connectivity index (χ0v) is 21.2. The Balaban J connectivity index is 1.46. The molecule has 0 fully saturated rings. The Morgan fingerprint density at radius 1 is 0.944 bits per heavy atom. The number of nitrogens with zero attached hydrogens (tertiary/aromatic N) is 3. The quantitative estimate of drug-likeness (QED) is 0.278. The number of amides is 1. The van der Waals surface area contributed by atoms with E-state index in [1.807, 2.05) is 80.6 Å². The Hall–Kier alpha value is -4.17. The summed E-state index contributed by atoms with van der Waals surface area (Å²) in [4.78, 5) is 12.6. The Labute approximate surface area is 211 Å². The van der Waals surface area contributed by atoms with Crippen molar-refractivity contribution in [3.05, 3.63) is 119 Å². The van der Waals surface area contributed by atoms with Gasteiger partial charge in [0.2, 0.25) is 10.0 Å². The van der Waals surface area contributed by atoms with Crippen LogP contribution in [0.15, 0.2) is 96.1 Å². The number of nitrogens with one attached hydrogen (secondary N) is 1. The van der Waals surface area contributed by atoms with Crippen molar-refractivity contribution < 1.29 is 13.2 Å². The van der Waals surface area contributed by atoms with Gasteiger partial charge in [-0.05, 0) is 61.9 Å². The van der Waals surface area contributed by atoms with E-state index in [1.165, 1.54) is 10.6 Å². The van der Waals surface area contributed by atoms with Gasteiger partial charge in [0.15, 0.2) is 0 Å². The molecule has 36 heavy (non-hydrogen) atoms. The van der Waals surface area contributed by atoms with Crippen LogP contribution >= 0.6 is 0 Å². The maximum Gasteiger partial charge on any atom is 0.271 e. The molecule has 0 aliphatic heterocycles. The number of anilines is 1. The SMILES string of the molecule is Cc1cc(/C=N/NC(=O)c2ccc(N(Cc3ccccc3)S(C)(=O)=O)cc2)c(C)n1-c1ccccc1. The summed E-state index contributed by atoms with van der Waals surface area (Å²) in [6.07, 6.45) is 2.79. The smallest absolute Gasteiger partial charge is 0.271 e. The van der Waals surface area contributed by atoms with E-state index in [2.05, 4.69) is 15.1 Å². The summed E-state index contributed by atoms with van der Waals surface area (Å²) >= 11 is 0. The fourth-order valence-corrected chi connectivity index (χ4v) is 4.93. The molecule has 1 amide bonds. The zero-order valence-electron chi connectivity index (χ0n) is 20.4. The first-order valence-electron chi connectivity index (χ1n) is 11.4. The van der Waals surface area contributed by atoms with Crippen LogP contribution in [0.5, 0.6) is 0 Å². The number of aryl methyl sites for hydroxylation is 1. The van der Waals surface area contributed by atoms with Crippen molar-refractivity contribution in [2.45, 2.75) is 20.4 Å². The molecule has 0 bridgehead atoms. The molecule has 3 aromatic carbocycles. The average Bonchev–Trinajstić information content (AvgIpc) is 3.15. The van der Waals surface area contributed by atoms with E-state index in [4.69, 9.17) is 0 Å². The van der Waals surface area contributed by atoms with Crippen LogP contribution in [0.1, 0.15) is 32.9 Å². The van der Waals surface area contributed by atoms with Gasteiger partial charge in [0.25, 0.3) is 5.91 Å². The van der Waals surface area contributed by atoms with Crippen LogP contribution in [0.25, 0.3) is 5.69 Å². The number of aromatic nitrogens is 1. The molecule has 4 aromatic rings. The Morgan fingerprint density at radius 2 is 1.56 bits per heavy atom. The van der Waals surface area contributed by atoms with Crippen molar-refractivity contribution in [1.82, 2.24) is 9.99 Å². The van der Waals surface area contributed by atoms with E-state index in [9.17, 15) is 13.2 Å². The highest BCUT2D eigenvalue weighted by atomic mass is 32.2. The number of carbonyl (C=O) groups excluding carboxylic acids is 1. The van der Waals surface area contributed by atoms with E-state index in [0.717, 1.165) is 28.2 Å². The minimum absolute atomic E-state index is 0.205. The third kappa shape index (κ3) is 5.72. The van der Waals surface area contributed by atoms with E-state index in [-0.39, 0.29) is 12.5 Å². The highest BCUT2D eigenvalue weighted by molar-refractivity contribution is 7.92. The van der Waals surface area contributed by atoms with Crippen molar-refractivity contribution in [2.24, 2.45) is 5.10 Å². The molecule has 0 aliphatic rings. The lowest BCUT2D eigenvalue weighted by molar-refractivity contribution is 0.0955. The van der Waals surface area contributed by atoms with Gasteiger partial charge in [-0.1, -0.05) is 48.5 Å². The van der Waals surface area contributed by atoms with E-state index in [0.29, 0.717) is 11.3 Å². The van der Waals surface area contributed by atoms with Gasteiger partial charge in [-0.3, -0.25) is 9.10 Å². The van der Waals surface area contributed by atoms with Crippen molar-refractivity contribution >= 4 is 27.8 Å². The predicted octanol–water partition coefficient (Wildman–Crippen LogP) is 4.82. The van der Waals surface area contributed by atoms with Gasteiger partial charge < -0.3 is 4.57 Å². The molecule has 0 spiro atoms. The maximum absolute atomic E-state index is 12.6. The van der Waals surface area contributed by atoms with Crippen LogP contribution in [-0.4, -0.2) is 31.4 Å². The monoisotopic (exact) mass is 500 g/mol. The van der Waals surface area contributed by atoms with Gasteiger partial charge in [-0.15, -0.1) is 0 Å². The number of carbonyl (C=O) groups is 1. The minimum Gasteiger partial charge on any atom is -0.318 e. The number of benzene rings is 3. The minimum atomic E-state index is -3.51. The van der Waals surface area contributed by atoms with Crippen molar-refractivity contribution in [2.75, 3.05) is 10.6 Å². The largest absolute Gasteiger partial charge is 0.318 e. The Kier molecular flexibility index (Phi) is 7.36. The lowest BCUT2D eigenvalue weighted by Crippen LogP contribution is -2.29. The predicted molar refractivity (Wildman–Crippen MR) is 144 cm³/mol. The molecule has 0 atom stereocenters. The number of hydrogen-bond acceptors (Lipinski definition) is 4. The molecule has 0 saturated carbocycles.